The van der Waals surface area contributed by atoms with Crippen molar-refractivity contribution in [2.45, 2.75) is 18.3 Å². The quantitative estimate of drug-likeness (QED) is 0.798. The fourth-order valence-corrected chi connectivity index (χ4v) is 1.87. The highest BCUT2D eigenvalue weighted by atomic mass is 32.2. The van der Waals surface area contributed by atoms with Crippen molar-refractivity contribution in [2.75, 3.05) is 6.26 Å². The molecule has 0 fully saturated rings. The lowest BCUT2D eigenvalue weighted by atomic mass is 10.0. The summed E-state index contributed by atoms with van der Waals surface area (Å²) in [5.74, 6) is -1.05. The van der Waals surface area contributed by atoms with Gasteiger partial charge >= 0.3 is 6.18 Å². The number of carbonyl (C=O) groups is 1. The molecule has 18 heavy (non-hydrogen) atoms. The van der Waals surface area contributed by atoms with E-state index in [0.717, 1.165) is 31.4 Å². The van der Waals surface area contributed by atoms with Crippen molar-refractivity contribution >= 4 is 15.6 Å². The maximum absolute atomic E-state index is 12.7. The van der Waals surface area contributed by atoms with Crippen LogP contribution in [0.25, 0.3) is 0 Å². The molecule has 0 radical (unpaired) electrons. The molecule has 0 aliphatic rings. The van der Waals surface area contributed by atoms with Crippen LogP contribution in [0.2, 0.25) is 0 Å². The van der Waals surface area contributed by atoms with Gasteiger partial charge in [-0.25, -0.2) is 8.42 Å². The first-order valence-electron chi connectivity index (χ1n) is 4.94. The molecule has 0 bridgehead atoms. The van der Waals surface area contributed by atoms with E-state index in [1.807, 2.05) is 0 Å². The van der Waals surface area contributed by atoms with Gasteiger partial charge in [0, 0.05) is 11.8 Å². The third kappa shape index (κ3) is 3.10. The van der Waals surface area contributed by atoms with Gasteiger partial charge in [0.2, 0.25) is 0 Å². The molecule has 3 nitrogen and oxygen atoms in total. The summed E-state index contributed by atoms with van der Waals surface area (Å²) in [6.45, 7) is 1.07. The molecular formula is C11H11F3O3S. The molecule has 0 N–H and O–H groups in total. The van der Waals surface area contributed by atoms with Gasteiger partial charge in [0.1, 0.15) is 5.25 Å². The van der Waals surface area contributed by atoms with E-state index in [9.17, 15) is 26.4 Å². The minimum atomic E-state index is -4.69. The lowest BCUT2D eigenvalue weighted by Crippen LogP contribution is -2.28. The van der Waals surface area contributed by atoms with E-state index >= 15 is 0 Å². The zero-order chi connectivity index (χ0) is 14.1. The Morgan fingerprint density at radius 1 is 1.22 bits per heavy atom. The van der Waals surface area contributed by atoms with Crippen LogP contribution in [0, 0.1) is 0 Å². The van der Waals surface area contributed by atoms with Crippen LogP contribution >= 0.6 is 0 Å². The van der Waals surface area contributed by atoms with Crippen molar-refractivity contribution in [3.05, 3.63) is 35.4 Å². The maximum atomic E-state index is 12.7. The van der Waals surface area contributed by atoms with Gasteiger partial charge < -0.3 is 0 Å². The number of sulfone groups is 1. The highest BCUT2D eigenvalue weighted by molar-refractivity contribution is 7.92. The van der Waals surface area contributed by atoms with Crippen molar-refractivity contribution in [3.63, 3.8) is 0 Å². The fourth-order valence-electron chi connectivity index (χ4n) is 1.36. The molecule has 7 heteroatoms. The average molecular weight is 280 g/mol. The molecule has 0 amide bonds. The van der Waals surface area contributed by atoms with E-state index in [4.69, 9.17) is 0 Å². The zero-order valence-electron chi connectivity index (χ0n) is 9.65. The summed E-state index contributed by atoms with van der Waals surface area (Å²) in [7, 11) is -3.73. The Hall–Kier alpha value is -1.37. The number of alkyl halides is 3. The van der Waals surface area contributed by atoms with Crippen molar-refractivity contribution in [2.24, 2.45) is 0 Å². The van der Waals surface area contributed by atoms with Crippen LogP contribution < -0.4 is 0 Å². The van der Waals surface area contributed by atoms with Crippen LogP contribution in [-0.2, 0) is 16.0 Å². The van der Waals surface area contributed by atoms with Crippen molar-refractivity contribution in [1.29, 1.82) is 0 Å². The lowest BCUT2D eigenvalue weighted by Gasteiger charge is -2.14. The molecule has 1 rings (SSSR count). The van der Waals surface area contributed by atoms with Gasteiger partial charge in [-0.05, 0) is 13.0 Å². The van der Waals surface area contributed by atoms with E-state index in [1.165, 1.54) is 6.07 Å². The van der Waals surface area contributed by atoms with Gasteiger partial charge in [0.15, 0.2) is 15.6 Å². The Bertz CT molecular complexity index is 561. The Balaban J connectivity index is 3.32. The molecular weight excluding hydrogens is 269 g/mol. The average Bonchev–Trinajstić information content (AvgIpc) is 2.24. The van der Waals surface area contributed by atoms with Crippen LogP contribution in [0.3, 0.4) is 0 Å². The summed E-state index contributed by atoms with van der Waals surface area (Å²) in [6.07, 6.45) is -3.88. The number of carbonyl (C=O) groups excluding carboxylic acids is 1. The molecule has 1 aromatic rings. The molecule has 100 valence electrons. The van der Waals surface area contributed by atoms with Crippen molar-refractivity contribution < 1.29 is 26.4 Å². The standard InChI is InChI=1S/C11H11F3O3S/c1-7(18(2,16)17)10(15)8-5-3-4-6-9(8)11(12,13)14/h3-7H,1-2H3. The second-order valence-corrected chi connectivity index (χ2v) is 6.25. The normalized spacial score (nSPS) is 14.3. The Morgan fingerprint density at radius 3 is 2.17 bits per heavy atom. The number of halogens is 3. The van der Waals surface area contributed by atoms with Gasteiger partial charge in [0.05, 0.1) is 5.56 Å². The largest absolute Gasteiger partial charge is 0.417 e. The first-order chi connectivity index (χ1) is 8.05. The van der Waals surface area contributed by atoms with E-state index in [1.54, 1.807) is 0 Å². The molecule has 0 saturated heterocycles. The number of hydrogen-bond acceptors (Lipinski definition) is 3. The zero-order valence-corrected chi connectivity index (χ0v) is 10.5. The maximum Gasteiger partial charge on any atom is 0.417 e. The Morgan fingerprint density at radius 2 is 1.72 bits per heavy atom. The number of rotatable bonds is 3. The highest BCUT2D eigenvalue weighted by Crippen LogP contribution is 2.32. The minimum Gasteiger partial charge on any atom is -0.293 e. The molecule has 0 heterocycles. The van der Waals surface area contributed by atoms with Gasteiger partial charge in [-0.15, -0.1) is 0 Å². The first-order valence-corrected chi connectivity index (χ1v) is 6.90. The monoisotopic (exact) mass is 280 g/mol. The highest BCUT2D eigenvalue weighted by Gasteiger charge is 2.37. The van der Waals surface area contributed by atoms with Gasteiger partial charge in [-0.2, -0.15) is 13.2 Å². The van der Waals surface area contributed by atoms with E-state index in [0.29, 0.717) is 0 Å². The second-order valence-electron chi connectivity index (χ2n) is 3.88. The number of ketones is 1. The molecule has 1 aromatic carbocycles. The Kier molecular flexibility index (Phi) is 3.85. The third-order valence-corrected chi connectivity index (χ3v) is 4.01. The summed E-state index contributed by atoms with van der Waals surface area (Å²) in [4.78, 5) is 11.8. The Labute approximate surface area is 103 Å². The van der Waals surface area contributed by atoms with Crippen LogP contribution in [0.5, 0.6) is 0 Å². The topological polar surface area (TPSA) is 51.2 Å². The van der Waals surface area contributed by atoms with Crippen LogP contribution in [-0.4, -0.2) is 25.7 Å². The van der Waals surface area contributed by atoms with Gasteiger partial charge in [0.25, 0.3) is 0 Å². The van der Waals surface area contributed by atoms with Crippen LogP contribution in [0.15, 0.2) is 24.3 Å². The number of Topliss-reactive ketones (excluding diaryl/α,β-unsaturated/α-hetero) is 1. The van der Waals surface area contributed by atoms with Crippen molar-refractivity contribution in [3.8, 4) is 0 Å². The van der Waals surface area contributed by atoms with Gasteiger partial charge in [-0.3, -0.25) is 4.79 Å². The first kappa shape index (κ1) is 14.7. The number of hydrogen-bond donors (Lipinski definition) is 0. The van der Waals surface area contributed by atoms with E-state index < -0.39 is 38.2 Å². The van der Waals surface area contributed by atoms with Crippen LogP contribution in [0.4, 0.5) is 13.2 Å². The number of benzene rings is 1. The van der Waals surface area contributed by atoms with Crippen molar-refractivity contribution in [1.82, 2.24) is 0 Å². The fraction of sp³-hybridized carbons (Fsp3) is 0.364. The molecule has 0 aliphatic heterocycles. The summed E-state index contributed by atoms with van der Waals surface area (Å²) < 4.78 is 60.4. The van der Waals surface area contributed by atoms with Crippen LogP contribution in [0.1, 0.15) is 22.8 Å². The van der Waals surface area contributed by atoms with E-state index in [-0.39, 0.29) is 0 Å². The molecule has 0 saturated carbocycles. The molecule has 0 aliphatic carbocycles. The van der Waals surface area contributed by atoms with Gasteiger partial charge in [-0.1, -0.05) is 18.2 Å². The lowest BCUT2D eigenvalue weighted by molar-refractivity contribution is -0.137. The third-order valence-electron chi connectivity index (χ3n) is 2.51. The summed E-state index contributed by atoms with van der Waals surface area (Å²) >= 11 is 0. The summed E-state index contributed by atoms with van der Waals surface area (Å²) in [5.41, 5.74) is -1.74. The minimum absolute atomic E-state index is 0.622. The molecule has 1 unspecified atom stereocenters. The predicted molar refractivity (Wildman–Crippen MR) is 60.1 cm³/mol. The molecule has 0 aromatic heterocycles. The van der Waals surface area contributed by atoms with E-state index in [2.05, 4.69) is 0 Å². The SMILES string of the molecule is CC(C(=O)c1ccccc1C(F)(F)F)S(C)(=O)=O. The second kappa shape index (κ2) is 4.72. The molecule has 1 atom stereocenters. The predicted octanol–water partition coefficient (Wildman–Crippen LogP) is 2.32. The molecule has 0 spiro atoms. The smallest absolute Gasteiger partial charge is 0.293 e. The summed E-state index contributed by atoms with van der Waals surface area (Å²) in [6, 6.07) is 4.14. The summed E-state index contributed by atoms with van der Waals surface area (Å²) in [5, 5.41) is -1.50.